The van der Waals surface area contributed by atoms with Crippen LogP contribution in [0.15, 0.2) is 53.6 Å². The lowest BCUT2D eigenvalue weighted by Crippen LogP contribution is -2.38. The predicted molar refractivity (Wildman–Crippen MR) is 109 cm³/mol. The third kappa shape index (κ3) is 3.69. The van der Waals surface area contributed by atoms with Crippen LogP contribution >= 0.6 is 0 Å². The summed E-state index contributed by atoms with van der Waals surface area (Å²) in [7, 11) is -3.45. The highest BCUT2D eigenvalue weighted by Gasteiger charge is 2.31. The summed E-state index contributed by atoms with van der Waals surface area (Å²) in [4.78, 5) is 0.381. The lowest BCUT2D eigenvalue weighted by Gasteiger charge is -2.30. The quantitative estimate of drug-likeness (QED) is 0.660. The van der Waals surface area contributed by atoms with E-state index in [9.17, 15) is 8.42 Å². The average Bonchev–Trinajstić information content (AvgIpc) is 3.12. The van der Waals surface area contributed by atoms with Crippen molar-refractivity contribution in [1.29, 1.82) is 0 Å². The van der Waals surface area contributed by atoms with Gasteiger partial charge < -0.3 is 0 Å². The first kappa shape index (κ1) is 19.1. The second kappa shape index (κ2) is 7.64. The fourth-order valence-corrected chi connectivity index (χ4v) is 5.38. The van der Waals surface area contributed by atoms with Crippen molar-refractivity contribution in [3.05, 3.63) is 60.0 Å². The largest absolute Gasteiger partial charge is 0.286 e. The van der Waals surface area contributed by atoms with E-state index in [-0.39, 0.29) is 5.92 Å². The third-order valence-electron chi connectivity index (χ3n) is 5.36. The molecule has 0 amide bonds. The zero-order valence-electron chi connectivity index (χ0n) is 16.3. The molecule has 0 aliphatic carbocycles. The van der Waals surface area contributed by atoms with Crippen LogP contribution in [-0.2, 0) is 16.4 Å². The maximum absolute atomic E-state index is 13.0. The normalized spacial score (nSPS) is 16.8. The molecule has 0 N–H and O–H groups in total. The Balaban J connectivity index is 1.46. The first-order valence-electron chi connectivity index (χ1n) is 9.84. The molecule has 1 aliphatic heterocycles. The highest BCUT2D eigenvalue weighted by atomic mass is 32.2. The van der Waals surface area contributed by atoms with Gasteiger partial charge in [0, 0.05) is 25.2 Å². The molecule has 0 radical (unpaired) electrons. The van der Waals surface area contributed by atoms with Crippen molar-refractivity contribution in [2.75, 3.05) is 13.1 Å². The van der Waals surface area contributed by atoms with Gasteiger partial charge in [0.15, 0.2) is 5.65 Å². The Morgan fingerprint density at radius 1 is 1.04 bits per heavy atom. The first-order valence-corrected chi connectivity index (χ1v) is 11.3. The maximum Gasteiger partial charge on any atom is 0.243 e. The van der Waals surface area contributed by atoms with E-state index in [4.69, 9.17) is 0 Å². The van der Waals surface area contributed by atoms with Gasteiger partial charge in [-0.1, -0.05) is 32.0 Å². The molecule has 7 heteroatoms. The van der Waals surface area contributed by atoms with E-state index < -0.39 is 10.0 Å². The average molecular weight is 399 g/mol. The van der Waals surface area contributed by atoms with Crippen LogP contribution in [-0.4, -0.2) is 40.4 Å². The number of sulfonamides is 1. The van der Waals surface area contributed by atoms with Crippen LogP contribution in [0.5, 0.6) is 0 Å². The Morgan fingerprint density at radius 2 is 1.75 bits per heavy atom. The Morgan fingerprint density at radius 3 is 2.43 bits per heavy atom. The SMILES string of the molecule is CC(C)Cc1ccc(S(=O)(=O)N2CCC(c3nnc4ccccn34)CC2)cc1. The molecular formula is C21H26N4O2S. The second-order valence-corrected chi connectivity index (χ2v) is 9.85. The van der Waals surface area contributed by atoms with Crippen LogP contribution in [0.3, 0.4) is 0 Å². The molecule has 3 aromatic rings. The molecular weight excluding hydrogens is 372 g/mol. The Hall–Kier alpha value is -2.25. The molecule has 1 fully saturated rings. The van der Waals surface area contributed by atoms with Crippen LogP contribution in [0.1, 0.15) is 44.0 Å². The zero-order chi connectivity index (χ0) is 19.7. The maximum atomic E-state index is 13.0. The van der Waals surface area contributed by atoms with Gasteiger partial charge in [-0.25, -0.2) is 8.42 Å². The van der Waals surface area contributed by atoms with Crippen LogP contribution in [0.2, 0.25) is 0 Å². The van der Waals surface area contributed by atoms with Gasteiger partial charge >= 0.3 is 0 Å². The molecule has 3 heterocycles. The number of pyridine rings is 1. The summed E-state index contributed by atoms with van der Waals surface area (Å²) in [6.45, 7) is 5.33. The van der Waals surface area contributed by atoms with Gasteiger partial charge in [-0.15, -0.1) is 10.2 Å². The van der Waals surface area contributed by atoms with E-state index in [1.54, 1.807) is 16.4 Å². The topological polar surface area (TPSA) is 67.6 Å². The smallest absolute Gasteiger partial charge is 0.243 e. The van der Waals surface area contributed by atoms with Gasteiger partial charge in [0.1, 0.15) is 5.82 Å². The van der Waals surface area contributed by atoms with Crippen molar-refractivity contribution in [1.82, 2.24) is 18.9 Å². The molecule has 0 spiro atoms. The molecule has 1 aliphatic rings. The molecule has 4 rings (SSSR count). The zero-order valence-corrected chi connectivity index (χ0v) is 17.1. The summed E-state index contributed by atoms with van der Waals surface area (Å²) in [5.41, 5.74) is 2.00. The summed E-state index contributed by atoms with van der Waals surface area (Å²) in [6, 6.07) is 13.2. The van der Waals surface area contributed by atoms with Gasteiger partial charge in [0.2, 0.25) is 10.0 Å². The van der Waals surface area contributed by atoms with E-state index in [1.165, 1.54) is 5.56 Å². The number of nitrogens with zero attached hydrogens (tertiary/aromatic N) is 4. The summed E-state index contributed by atoms with van der Waals surface area (Å²) in [5.74, 6) is 1.69. The Bertz CT molecular complexity index is 1050. The van der Waals surface area contributed by atoms with Crippen LogP contribution in [0.4, 0.5) is 0 Å². The minimum atomic E-state index is -3.45. The van der Waals surface area contributed by atoms with Crippen molar-refractivity contribution < 1.29 is 8.42 Å². The van der Waals surface area contributed by atoms with Gasteiger partial charge in [-0.05, 0) is 55.0 Å². The van der Waals surface area contributed by atoms with E-state index in [0.717, 1.165) is 30.7 Å². The van der Waals surface area contributed by atoms with Gasteiger partial charge in [0.25, 0.3) is 0 Å². The van der Waals surface area contributed by atoms with Crippen molar-refractivity contribution in [2.45, 2.75) is 43.9 Å². The predicted octanol–water partition coefficient (Wildman–Crippen LogP) is 3.50. The van der Waals surface area contributed by atoms with Gasteiger partial charge in [-0.2, -0.15) is 4.31 Å². The molecule has 6 nitrogen and oxygen atoms in total. The minimum absolute atomic E-state index is 0.220. The summed E-state index contributed by atoms with van der Waals surface area (Å²) < 4.78 is 29.6. The number of hydrogen-bond donors (Lipinski definition) is 0. The Labute approximate surface area is 166 Å². The molecule has 0 bridgehead atoms. The lowest BCUT2D eigenvalue weighted by atomic mass is 9.97. The van der Waals surface area contributed by atoms with Crippen molar-refractivity contribution in [3.8, 4) is 0 Å². The minimum Gasteiger partial charge on any atom is -0.286 e. The molecule has 0 saturated carbocycles. The third-order valence-corrected chi connectivity index (χ3v) is 7.28. The van der Waals surface area contributed by atoms with Crippen molar-refractivity contribution in [2.24, 2.45) is 5.92 Å². The molecule has 28 heavy (non-hydrogen) atoms. The summed E-state index contributed by atoms with van der Waals surface area (Å²) in [6.07, 6.45) is 4.42. The number of fused-ring (bicyclic) bond motifs is 1. The Kier molecular flexibility index (Phi) is 5.21. The van der Waals surface area contributed by atoms with Crippen molar-refractivity contribution >= 4 is 15.7 Å². The van der Waals surface area contributed by atoms with Crippen molar-refractivity contribution in [3.63, 3.8) is 0 Å². The lowest BCUT2D eigenvalue weighted by molar-refractivity contribution is 0.312. The molecule has 1 saturated heterocycles. The van der Waals surface area contributed by atoms with E-state index in [2.05, 4.69) is 24.0 Å². The molecule has 148 valence electrons. The van der Waals surface area contributed by atoms with Crippen LogP contribution in [0, 0.1) is 5.92 Å². The van der Waals surface area contributed by atoms with Crippen LogP contribution in [0.25, 0.3) is 5.65 Å². The molecule has 2 aromatic heterocycles. The monoisotopic (exact) mass is 398 g/mol. The number of rotatable bonds is 5. The van der Waals surface area contributed by atoms with E-state index in [1.807, 2.05) is 40.9 Å². The molecule has 0 unspecified atom stereocenters. The summed E-state index contributed by atoms with van der Waals surface area (Å²) in [5, 5.41) is 8.56. The van der Waals surface area contributed by atoms with Gasteiger partial charge in [-0.3, -0.25) is 4.40 Å². The highest BCUT2D eigenvalue weighted by molar-refractivity contribution is 7.89. The summed E-state index contributed by atoms with van der Waals surface area (Å²) >= 11 is 0. The number of piperidine rings is 1. The van der Waals surface area contributed by atoms with Crippen LogP contribution < -0.4 is 0 Å². The van der Waals surface area contributed by atoms with Gasteiger partial charge in [0.05, 0.1) is 4.90 Å². The van der Waals surface area contributed by atoms with E-state index in [0.29, 0.717) is 23.9 Å². The first-order chi connectivity index (χ1) is 13.4. The molecule has 0 atom stereocenters. The number of benzene rings is 1. The molecule has 1 aromatic carbocycles. The standard InChI is InChI=1S/C21H26N4O2S/c1-16(2)15-17-6-8-19(9-7-17)28(26,27)24-13-10-18(11-14-24)21-23-22-20-5-3-4-12-25(20)21/h3-9,12,16,18H,10-11,13-15H2,1-2H3. The van der Waals surface area contributed by atoms with E-state index >= 15 is 0 Å². The second-order valence-electron chi connectivity index (χ2n) is 7.91. The number of aromatic nitrogens is 3. The fraction of sp³-hybridized carbons (Fsp3) is 0.429. The highest BCUT2D eigenvalue weighted by Crippen LogP contribution is 2.30. The number of hydrogen-bond acceptors (Lipinski definition) is 4. The fourth-order valence-electron chi connectivity index (χ4n) is 3.91.